The van der Waals surface area contributed by atoms with E-state index in [-0.39, 0.29) is 6.03 Å². The number of nitrogens with one attached hydrogen (secondary N) is 2. The molecular formula is C17H19IN2O2. The molecule has 0 aliphatic rings. The van der Waals surface area contributed by atoms with Crippen molar-refractivity contribution in [3.63, 3.8) is 0 Å². The molecule has 2 N–H and O–H groups in total. The first-order valence-corrected chi connectivity index (χ1v) is 8.22. The zero-order chi connectivity index (χ0) is 15.8. The molecule has 0 saturated carbocycles. The summed E-state index contributed by atoms with van der Waals surface area (Å²) in [6.45, 7) is 3.13. The van der Waals surface area contributed by atoms with E-state index in [9.17, 15) is 4.79 Å². The van der Waals surface area contributed by atoms with Crippen LogP contribution >= 0.6 is 22.6 Å². The van der Waals surface area contributed by atoms with Crippen LogP contribution < -0.4 is 15.4 Å². The number of rotatable bonds is 6. The molecule has 0 aliphatic carbocycles. The Morgan fingerprint density at radius 1 is 1.18 bits per heavy atom. The third-order valence-corrected chi connectivity index (χ3v) is 3.73. The molecule has 0 fully saturated rings. The zero-order valence-corrected chi connectivity index (χ0v) is 14.6. The van der Waals surface area contributed by atoms with E-state index in [1.165, 1.54) is 0 Å². The number of urea groups is 1. The predicted octanol–water partition coefficient (Wildman–Crippen LogP) is 4.19. The summed E-state index contributed by atoms with van der Waals surface area (Å²) in [5, 5.41) is 5.68. The summed E-state index contributed by atoms with van der Waals surface area (Å²) < 4.78 is 6.72. The normalized spacial score (nSPS) is 10.1. The first-order chi connectivity index (χ1) is 10.6. The van der Waals surface area contributed by atoms with Gasteiger partial charge in [0.15, 0.2) is 0 Å². The Labute approximate surface area is 144 Å². The van der Waals surface area contributed by atoms with Crippen LogP contribution in [-0.2, 0) is 0 Å². The molecule has 5 heteroatoms. The molecule has 0 aromatic heterocycles. The zero-order valence-electron chi connectivity index (χ0n) is 12.4. The quantitative estimate of drug-likeness (QED) is 0.554. The van der Waals surface area contributed by atoms with Gasteiger partial charge in [0, 0.05) is 15.8 Å². The van der Waals surface area contributed by atoms with Crippen LogP contribution in [0.2, 0.25) is 0 Å². The summed E-state index contributed by atoms with van der Waals surface area (Å²) in [6.07, 6.45) is 0.758. The number of anilines is 1. The maximum Gasteiger partial charge on any atom is 0.319 e. The van der Waals surface area contributed by atoms with Gasteiger partial charge < -0.3 is 15.4 Å². The van der Waals surface area contributed by atoms with Gasteiger partial charge in [-0.1, -0.05) is 18.2 Å². The molecule has 2 rings (SSSR count). The second-order valence-corrected chi connectivity index (χ2v) is 6.10. The Kier molecular flexibility index (Phi) is 6.51. The van der Waals surface area contributed by atoms with E-state index >= 15 is 0 Å². The molecule has 0 radical (unpaired) electrons. The monoisotopic (exact) mass is 410 g/mol. The highest BCUT2D eigenvalue weighted by Crippen LogP contribution is 2.17. The minimum absolute atomic E-state index is 0.191. The largest absolute Gasteiger partial charge is 0.494 e. The van der Waals surface area contributed by atoms with Crippen LogP contribution in [0.4, 0.5) is 10.5 Å². The van der Waals surface area contributed by atoms with Gasteiger partial charge in [-0.3, -0.25) is 0 Å². The van der Waals surface area contributed by atoms with E-state index in [1.807, 2.05) is 55.5 Å². The molecule has 2 aromatic rings. The second kappa shape index (κ2) is 8.63. The number of carbonyl (C=O) groups is 1. The molecule has 0 heterocycles. The van der Waals surface area contributed by atoms with Crippen LogP contribution in [0.3, 0.4) is 0 Å². The number of hydrogen-bond donors (Lipinski definition) is 2. The smallest absolute Gasteiger partial charge is 0.319 e. The van der Waals surface area contributed by atoms with Crippen LogP contribution in [0.25, 0.3) is 0 Å². The first-order valence-electron chi connectivity index (χ1n) is 7.14. The van der Waals surface area contributed by atoms with Gasteiger partial charge in [0.2, 0.25) is 0 Å². The van der Waals surface area contributed by atoms with Crippen molar-refractivity contribution in [2.24, 2.45) is 0 Å². The predicted molar refractivity (Wildman–Crippen MR) is 97.5 cm³/mol. The van der Waals surface area contributed by atoms with Crippen molar-refractivity contribution >= 4 is 34.3 Å². The van der Waals surface area contributed by atoms with Gasteiger partial charge in [0.25, 0.3) is 0 Å². The van der Waals surface area contributed by atoms with Crippen molar-refractivity contribution in [2.75, 3.05) is 18.5 Å². The number of aryl methyl sites for hydroxylation is 1. The highest BCUT2D eigenvalue weighted by molar-refractivity contribution is 14.1. The average molecular weight is 410 g/mol. The maximum atomic E-state index is 11.8. The number of ether oxygens (including phenoxy) is 1. The van der Waals surface area contributed by atoms with Crippen molar-refractivity contribution in [3.8, 4) is 5.75 Å². The number of para-hydroxylation sites is 1. The topological polar surface area (TPSA) is 50.4 Å². The fourth-order valence-electron chi connectivity index (χ4n) is 1.91. The van der Waals surface area contributed by atoms with Crippen LogP contribution in [-0.4, -0.2) is 19.2 Å². The lowest BCUT2D eigenvalue weighted by Gasteiger charge is -2.10. The lowest BCUT2D eigenvalue weighted by atomic mass is 10.2. The summed E-state index contributed by atoms with van der Waals surface area (Å²) >= 11 is 2.25. The highest BCUT2D eigenvalue weighted by atomic mass is 127. The summed E-state index contributed by atoms with van der Waals surface area (Å²) in [4.78, 5) is 11.8. The van der Waals surface area contributed by atoms with Gasteiger partial charge in [-0.05, 0) is 71.8 Å². The molecule has 0 atom stereocenters. The molecule has 0 aliphatic heterocycles. The van der Waals surface area contributed by atoms with Gasteiger partial charge >= 0.3 is 6.03 Å². The van der Waals surface area contributed by atoms with E-state index in [2.05, 4.69) is 33.2 Å². The van der Waals surface area contributed by atoms with Gasteiger partial charge in [-0.2, -0.15) is 0 Å². The van der Waals surface area contributed by atoms with Crippen LogP contribution in [0, 0.1) is 10.5 Å². The van der Waals surface area contributed by atoms with E-state index in [0.717, 1.165) is 27.0 Å². The molecule has 2 amide bonds. The SMILES string of the molecule is Cc1cc(I)ccc1NC(=O)NCCCOc1ccccc1. The van der Waals surface area contributed by atoms with Crippen molar-refractivity contribution in [1.82, 2.24) is 5.32 Å². The molecule has 0 spiro atoms. The third-order valence-electron chi connectivity index (χ3n) is 3.06. The number of benzene rings is 2. The average Bonchev–Trinajstić information content (AvgIpc) is 2.51. The lowest BCUT2D eigenvalue weighted by molar-refractivity contribution is 0.250. The maximum absolute atomic E-state index is 11.8. The number of amides is 2. The second-order valence-electron chi connectivity index (χ2n) is 4.86. The van der Waals surface area contributed by atoms with E-state index < -0.39 is 0 Å². The Hall–Kier alpha value is -1.76. The van der Waals surface area contributed by atoms with E-state index in [4.69, 9.17) is 4.74 Å². The molecule has 0 bridgehead atoms. The Morgan fingerprint density at radius 3 is 2.68 bits per heavy atom. The molecule has 22 heavy (non-hydrogen) atoms. The molecule has 2 aromatic carbocycles. The number of carbonyl (C=O) groups excluding carboxylic acids is 1. The summed E-state index contributed by atoms with van der Waals surface area (Å²) in [6, 6.07) is 15.4. The molecular weight excluding hydrogens is 391 g/mol. The summed E-state index contributed by atoms with van der Waals surface area (Å²) in [5.74, 6) is 0.849. The fraction of sp³-hybridized carbons (Fsp3) is 0.235. The van der Waals surface area contributed by atoms with Crippen LogP contribution in [0.5, 0.6) is 5.75 Å². The van der Waals surface area contributed by atoms with Gasteiger partial charge in [0.1, 0.15) is 5.75 Å². The van der Waals surface area contributed by atoms with E-state index in [0.29, 0.717) is 13.2 Å². The molecule has 0 unspecified atom stereocenters. The minimum atomic E-state index is -0.191. The third kappa shape index (κ3) is 5.55. The van der Waals surface area contributed by atoms with Gasteiger partial charge in [-0.25, -0.2) is 4.79 Å². The first kappa shape index (κ1) is 16.6. The van der Waals surface area contributed by atoms with Crippen molar-refractivity contribution in [1.29, 1.82) is 0 Å². The van der Waals surface area contributed by atoms with Crippen molar-refractivity contribution in [3.05, 3.63) is 57.7 Å². The van der Waals surface area contributed by atoms with Crippen molar-refractivity contribution in [2.45, 2.75) is 13.3 Å². The van der Waals surface area contributed by atoms with Crippen LogP contribution in [0.1, 0.15) is 12.0 Å². The Morgan fingerprint density at radius 2 is 1.95 bits per heavy atom. The van der Waals surface area contributed by atoms with Gasteiger partial charge in [0.05, 0.1) is 6.61 Å². The number of halogens is 1. The lowest BCUT2D eigenvalue weighted by Crippen LogP contribution is -2.30. The fourth-order valence-corrected chi connectivity index (χ4v) is 2.56. The van der Waals surface area contributed by atoms with Crippen LogP contribution in [0.15, 0.2) is 48.5 Å². The number of hydrogen-bond acceptors (Lipinski definition) is 2. The van der Waals surface area contributed by atoms with Crippen molar-refractivity contribution < 1.29 is 9.53 Å². The van der Waals surface area contributed by atoms with E-state index in [1.54, 1.807) is 0 Å². The summed E-state index contributed by atoms with van der Waals surface area (Å²) in [5.41, 5.74) is 1.88. The molecule has 0 saturated heterocycles. The highest BCUT2D eigenvalue weighted by Gasteiger charge is 2.04. The molecule has 116 valence electrons. The molecule has 4 nitrogen and oxygen atoms in total. The standard InChI is InChI=1S/C17H19IN2O2/c1-13-12-14(18)8-9-16(13)20-17(21)19-10-5-11-22-15-6-3-2-4-7-15/h2-4,6-9,12H,5,10-11H2,1H3,(H2,19,20,21). The van der Waals surface area contributed by atoms with Gasteiger partial charge in [-0.15, -0.1) is 0 Å². The minimum Gasteiger partial charge on any atom is -0.494 e. The Balaban J connectivity index is 1.65. The Bertz CT molecular complexity index is 617. The summed E-state index contributed by atoms with van der Waals surface area (Å²) in [7, 11) is 0.